The maximum Gasteiger partial charge on any atom is 0.334 e. The Bertz CT molecular complexity index is 381. The van der Waals surface area contributed by atoms with Crippen LogP contribution in [-0.4, -0.2) is 47.7 Å². The first-order chi connectivity index (χ1) is 9.06. The monoisotopic (exact) mass is 267 g/mol. The largest absolute Gasteiger partial charge is 0.479 e. The molecule has 0 unspecified atom stereocenters. The van der Waals surface area contributed by atoms with Gasteiger partial charge in [0.2, 0.25) is 5.91 Å². The molecule has 1 saturated heterocycles. The van der Waals surface area contributed by atoms with Crippen LogP contribution in [0.25, 0.3) is 0 Å². The molecule has 1 aliphatic heterocycles. The number of morpholine rings is 1. The molecule has 106 valence electrons. The highest BCUT2D eigenvalue weighted by Gasteiger charge is 2.28. The minimum absolute atomic E-state index is 0.0703. The topological polar surface area (TPSA) is 66.8 Å². The van der Waals surface area contributed by atoms with Gasteiger partial charge in [-0.2, -0.15) is 0 Å². The zero-order valence-corrected chi connectivity index (χ0v) is 11.3. The number of carboxylic acids is 1. The van der Waals surface area contributed by atoms with Gasteiger partial charge in [0.15, 0.2) is 6.10 Å². The van der Waals surface area contributed by atoms with E-state index < -0.39 is 12.1 Å². The number of carboxylic acid groups (broad SMARTS) is 1. The number of hydrogen-bond donors (Lipinski definition) is 1. The summed E-state index contributed by atoms with van der Waals surface area (Å²) in [4.78, 5) is 24.6. The molecular formula is C14H21NO4. The standard InChI is InChI=1S/C14H21NO4/c1-10-2-4-11(5-3-10)8-13(16)15-6-7-19-12(9-15)14(17)18/h8,10,12H,2-7,9H2,1H3,(H,17,18)/t10?,12-/m1/s1. The molecule has 1 heterocycles. The zero-order valence-electron chi connectivity index (χ0n) is 11.3. The second kappa shape index (κ2) is 6.19. The van der Waals surface area contributed by atoms with Crippen molar-refractivity contribution in [2.24, 2.45) is 5.92 Å². The predicted octanol–water partition coefficient (Wildman–Crippen LogP) is 1.43. The van der Waals surface area contributed by atoms with E-state index in [-0.39, 0.29) is 12.5 Å². The Kier molecular flexibility index (Phi) is 4.58. The first-order valence-electron chi connectivity index (χ1n) is 6.89. The van der Waals surface area contributed by atoms with Crippen molar-refractivity contribution >= 4 is 11.9 Å². The molecule has 5 nitrogen and oxygen atoms in total. The summed E-state index contributed by atoms with van der Waals surface area (Å²) in [7, 11) is 0. The van der Waals surface area contributed by atoms with Gasteiger partial charge < -0.3 is 14.7 Å². The molecule has 19 heavy (non-hydrogen) atoms. The molecule has 0 aromatic rings. The molecule has 5 heteroatoms. The first kappa shape index (κ1) is 14.1. The summed E-state index contributed by atoms with van der Waals surface area (Å²) >= 11 is 0. The van der Waals surface area contributed by atoms with Gasteiger partial charge in [-0.25, -0.2) is 4.79 Å². The lowest BCUT2D eigenvalue weighted by atomic mass is 9.87. The third-order valence-electron chi connectivity index (χ3n) is 3.90. The highest BCUT2D eigenvalue weighted by molar-refractivity contribution is 5.89. The van der Waals surface area contributed by atoms with Gasteiger partial charge in [0.05, 0.1) is 13.2 Å². The fraction of sp³-hybridized carbons (Fsp3) is 0.714. The molecule has 1 atom stereocenters. The molecular weight excluding hydrogens is 246 g/mol. The minimum Gasteiger partial charge on any atom is -0.479 e. The molecule has 1 saturated carbocycles. The van der Waals surface area contributed by atoms with Crippen LogP contribution in [0, 0.1) is 5.92 Å². The third kappa shape index (κ3) is 3.80. The normalized spacial score (nSPS) is 28.1. The molecule has 2 aliphatic rings. The summed E-state index contributed by atoms with van der Waals surface area (Å²) in [6.45, 7) is 3.15. The van der Waals surface area contributed by atoms with Crippen molar-refractivity contribution in [1.82, 2.24) is 4.90 Å². The first-order valence-corrected chi connectivity index (χ1v) is 6.89. The fourth-order valence-electron chi connectivity index (χ4n) is 2.54. The SMILES string of the molecule is CC1CCC(=CC(=O)N2CCO[C@@H](C(=O)O)C2)CC1. The molecule has 0 aromatic carbocycles. The molecule has 0 spiro atoms. The third-order valence-corrected chi connectivity index (χ3v) is 3.90. The average molecular weight is 267 g/mol. The van der Waals surface area contributed by atoms with Gasteiger partial charge >= 0.3 is 5.97 Å². The van der Waals surface area contributed by atoms with Gasteiger partial charge in [0, 0.05) is 12.6 Å². The van der Waals surface area contributed by atoms with Crippen LogP contribution in [0.1, 0.15) is 32.6 Å². The Labute approximate surface area is 113 Å². The van der Waals surface area contributed by atoms with E-state index in [1.54, 1.807) is 11.0 Å². The number of amides is 1. The number of hydrogen-bond acceptors (Lipinski definition) is 3. The maximum atomic E-state index is 12.1. The Hall–Kier alpha value is -1.36. The number of nitrogens with zero attached hydrogens (tertiary/aromatic N) is 1. The van der Waals surface area contributed by atoms with Gasteiger partial charge in [0.1, 0.15) is 0 Å². The van der Waals surface area contributed by atoms with Crippen LogP contribution in [0.2, 0.25) is 0 Å². The van der Waals surface area contributed by atoms with E-state index in [9.17, 15) is 9.59 Å². The smallest absolute Gasteiger partial charge is 0.334 e. The maximum absolute atomic E-state index is 12.1. The van der Waals surface area contributed by atoms with Crippen molar-refractivity contribution in [2.45, 2.75) is 38.7 Å². The van der Waals surface area contributed by atoms with Gasteiger partial charge in [-0.1, -0.05) is 12.5 Å². The molecule has 1 N–H and O–H groups in total. The van der Waals surface area contributed by atoms with Crippen LogP contribution < -0.4 is 0 Å². The Morgan fingerprint density at radius 3 is 2.68 bits per heavy atom. The van der Waals surface area contributed by atoms with Crippen molar-refractivity contribution in [2.75, 3.05) is 19.7 Å². The molecule has 1 aliphatic carbocycles. The molecule has 2 fully saturated rings. The molecule has 2 rings (SSSR count). The predicted molar refractivity (Wildman–Crippen MR) is 69.7 cm³/mol. The summed E-state index contributed by atoms with van der Waals surface area (Å²) in [5.41, 5.74) is 1.20. The summed E-state index contributed by atoms with van der Waals surface area (Å²) in [6, 6.07) is 0. The zero-order chi connectivity index (χ0) is 13.8. The lowest BCUT2D eigenvalue weighted by Gasteiger charge is -2.30. The van der Waals surface area contributed by atoms with E-state index in [2.05, 4.69) is 6.92 Å². The number of carbonyl (C=O) groups excluding carboxylic acids is 1. The quantitative estimate of drug-likeness (QED) is 0.769. The van der Waals surface area contributed by atoms with Crippen LogP contribution >= 0.6 is 0 Å². The number of carbonyl (C=O) groups is 2. The number of rotatable bonds is 2. The molecule has 0 radical (unpaired) electrons. The Morgan fingerprint density at radius 1 is 1.37 bits per heavy atom. The van der Waals surface area contributed by atoms with Crippen LogP contribution in [0.5, 0.6) is 0 Å². The second-order valence-corrected chi connectivity index (χ2v) is 5.47. The number of allylic oxidation sites excluding steroid dienone is 1. The van der Waals surface area contributed by atoms with Crippen molar-refractivity contribution in [3.05, 3.63) is 11.6 Å². The van der Waals surface area contributed by atoms with Crippen molar-refractivity contribution < 1.29 is 19.4 Å². The van der Waals surface area contributed by atoms with Crippen LogP contribution in [0.3, 0.4) is 0 Å². The van der Waals surface area contributed by atoms with E-state index in [4.69, 9.17) is 9.84 Å². The van der Waals surface area contributed by atoms with Crippen LogP contribution in [0.15, 0.2) is 11.6 Å². The Morgan fingerprint density at radius 2 is 2.05 bits per heavy atom. The fourth-order valence-corrected chi connectivity index (χ4v) is 2.54. The van der Waals surface area contributed by atoms with E-state index in [1.807, 2.05) is 0 Å². The second-order valence-electron chi connectivity index (χ2n) is 5.47. The average Bonchev–Trinajstić information content (AvgIpc) is 2.41. The lowest BCUT2D eigenvalue weighted by Crippen LogP contribution is -2.48. The van der Waals surface area contributed by atoms with Crippen molar-refractivity contribution in [3.63, 3.8) is 0 Å². The van der Waals surface area contributed by atoms with Crippen molar-refractivity contribution in [3.8, 4) is 0 Å². The van der Waals surface area contributed by atoms with Gasteiger partial charge in [-0.05, 0) is 31.6 Å². The summed E-state index contributed by atoms with van der Waals surface area (Å²) in [5, 5.41) is 8.91. The highest BCUT2D eigenvalue weighted by Crippen LogP contribution is 2.27. The lowest BCUT2D eigenvalue weighted by molar-refractivity contribution is -0.158. The summed E-state index contributed by atoms with van der Waals surface area (Å²) in [6.07, 6.45) is 5.07. The Balaban J connectivity index is 1.92. The molecule has 0 aromatic heterocycles. The van der Waals surface area contributed by atoms with E-state index in [0.29, 0.717) is 13.2 Å². The van der Waals surface area contributed by atoms with E-state index >= 15 is 0 Å². The van der Waals surface area contributed by atoms with Crippen molar-refractivity contribution in [1.29, 1.82) is 0 Å². The molecule has 1 amide bonds. The number of aliphatic carboxylic acids is 1. The summed E-state index contributed by atoms with van der Waals surface area (Å²) < 4.78 is 5.11. The minimum atomic E-state index is -1.00. The highest BCUT2D eigenvalue weighted by atomic mass is 16.5. The van der Waals surface area contributed by atoms with Gasteiger partial charge in [-0.15, -0.1) is 0 Å². The van der Waals surface area contributed by atoms with Crippen LogP contribution in [0.4, 0.5) is 0 Å². The van der Waals surface area contributed by atoms with E-state index in [1.165, 1.54) is 5.57 Å². The van der Waals surface area contributed by atoms with E-state index in [0.717, 1.165) is 31.6 Å². The molecule has 0 bridgehead atoms. The number of ether oxygens (including phenoxy) is 1. The van der Waals surface area contributed by atoms with Gasteiger partial charge in [-0.3, -0.25) is 4.79 Å². The summed E-state index contributed by atoms with van der Waals surface area (Å²) in [5.74, 6) is -0.331. The van der Waals surface area contributed by atoms with Crippen LogP contribution in [-0.2, 0) is 14.3 Å². The van der Waals surface area contributed by atoms with Gasteiger partial charge in [0.25, 0.3) is 0 Å².